The van der Waals surface area contributed by atoms with Gasteiger partial charge in [-0.1, -0.05) is 182 Å². The van der Waals surface area contributed by atoms with Gasteiger partial charge in [0.2, 0.25) is 0 Å². The molecule has 3 heterocycles. The highest BCUT2D eigenvalue weighted by molar-refractivity contribution is 6.10. The summed E-state index contributed by atoms with van der Waals surface area (Å²) in [6, 6.07) is 27.3. The molecule has 0 N–H and O–H groups in total. The van der Waals surface area contributed by atoms with Crippen LogP contribution in [0.2, 0.25) is 0 Å². The van der Waals surface area contributed by atoms with E-state index in [1.807, 2.05) is 66.7 Å². The summed E-state index contributed by atoms with van der Waals surface area (Å²) in [6.45, 7) is 0. The van der Waals surface area contributed by atoms with Gasteiger partial charge in [0.25, 0.3) is 0 Å². The lowest BCUT2D eigenvalue weighted by Gasteiger charge is -2.15. The Morgan fingerprint density at radius 1 is 0.371 bits per heavy atom. The van der Waals surface area contributed by atoms with Crippen LogP contribution in [0.5, 0.6) is 0 Å². The molecule has 12 rings (SSSR count). The monoisotopic (exact) mass is 808 g/mol. The van der Waals surface area contributed by atoms with Gasteiger partial charge < -0.3 is 8.98 Å². The maximum Gasteiger partial charge on any atom is 0.166 e. The second kappa shape index (κ2) is 14.7. The molecule has 9 aromatic carbocycles. The molecule has 62 heavy (non-hydrogen) atoms. The molecule has 0 bridgehead atoms. The normalized spacial score (nSPS) is 15.2. The van der Waals surface area contributed by atoms with E-state index in [-0.39, 0.29) is 74.2 Å². The first-order valence-electron chi connectivity index (χ1n) is 27.5. The number of hydrogen-bond acceptors (Lipinski definition) is 4. The molecule has 0 atom stereocenters. The van der Waals surface area contributed by atoms with Crippen molar-refractivity contribution < 1.29 is 26.3 Å². The van der Waals surface area contributed by atoms with E-state index in [1.54, 1.807) is 48.5 Å². The molecule has 0 fully saturated rings. The Morgan fingerprint density at radius 3 is 1.82 bits per heavy atom. The molecule has 5 nitrogen and oxygen atoms in total. The third-order valence-electron chi connectivity index (χ3n) is 10.7. The van der Waals surface area contributed by atoms with Crippen molar-refractivity contribution in [2.75, 3.05) is 0 Å². The largest absolute Gasteiger partial charge is 0.455 e. The van der Waals surface area contributed by atoms with Crippen molar-refractivity contribution in [1.82, 2.24) is 19.5 Å². The Morgan fingerprint density at radius 2 is 0.968 bits per heavy atom. The van der Waals surface area contributed by atoms with Crippen LogP contribution in [0.25, 0.3) is 117 Å². The van der Waals surface area contributed by atoms with Crippen LogP contribution < -0.4 is 0 Å². The Hall–Kier alpha value is -8.41. The summed E-state index contributed by atoms with van der Waals surface area (Å²) in [7, 11) is 0. The molecule has 0 aliphatic rings. The van der Waals surface area contributed by atoms with E-state index < -0.39 is 89.7 Å². The van der Waals surface area contributed by atoms with Gasteiger partial charge in [0.05, 0.1) is 38.7 Å². The lowest BCUT2D eigenvalue weighted by atomic mass is 9.99. The molecule has 3 aromatic heterocycles. The lowest BCUT2D eigenvalue weighted by molar-refractivity contribution is 0.670. The van der Waals surface area contributed by atoms with Gasteiger partial charge in [-0.3, -0.25) is 0 Å². The van der Waals surface area contributed by atoms with Crippen molar-refractivity contribution in [2.24, 2.45) is 0 Å². The highest BCUT2D eigenvalue weighted by atomic mass is 16.3. The van der Waals surface area contributed by atoms with Gasteiger partial charge in [0.1, 0.15) is 11.2 Å². The van der Waals surface area contributed by atoms with E-state index in [2.05, 4.69) is 0 Å². The number of benzene rings is 9. The number of nitrogens with zero attached hydrogens (tertiary/aromatic N) is 4. The summed E-state index contributed by atoms with van der Waals surface area (Å²) < 4.78 is 148. The van der Waals surface area contributed by atoms with Crippen molar-refractivity contribution >= 4 is 43.7 Å². The second-order valence-electron chi connectivity index (χ2n) is 14.4. The first-order chi connectivity index (χ1) is 37.4. The summed E-state index contributed by atoms with van der Waals surface area (Å²) in [5.74, 6) is 0.427. The molecule has 12 aromatic rings. The van der Waals surface area contributed by atoms with Crippen molar-refractivity contribution in [1.29, 1.82) is 0 Å². The first-order valence-corrected chi connectivity index (χ1v) is 19.5. The van der Waals surface area contributed by atoms with Gasteiger partial charge in [-0.25, -0.2) is 15.0 Å². The van der Waals surface area contributed by atoms with E-state index in [9.17, 15) is 1.37 Å². The topological polar surface area (TPSA) is 56.7 Å². The Balaban J connectivity index is 1.06. The number of furan rings is 1. The van der Waals surface area contributed by atoms with Crippen LogP contribution in [0.3, 0.4) is 0 Å². The maximum atomic E-state index is 9.19. The zero-order valence-electron chi connectivity index (χ0n) is 48.2. The highest BCUT2D eigenvalue weighted by Gasteiger charge is 2.20. The molecule has 0 spiro atoms. The molecule has 0 unspecified atom stereocenters. The Kier molecular flexibility index (Phi) is 5.41. The SMILES string of the molecule is [2H]c1cc([2H])c2c(c1[2H])c1c([2H])c([2H])c([2H])c([2H])c1n2-c1ccccc1-c1nc(-c2ccc(-c3c([2H])c([2H])c(-c4c([2H])c([2H])c([2H])c([2H])c4[2H])c([2H])c3[2H])cc2)nc(-c2cccc(-c3cccc4c3oc3ccccc34)c2)n1. The predicted molar refractivity (Wildman–Crippen MR) is 254 cm³/mol. The second-order valence-corrected chi connectivity index (χ2v) is 14.4. The summed E-state index contributed by atoms with van der Waals surface area (Å²) in [6.07, 6.45) is 0. The van der Waals surface area contributed by atoms with Gasteiger partial charge in [0.15, 0.2) is 17.5 Å². The van der Waals surface area contributed by atoms with E-state index in [1.165, 1.54) is 10.6 Å². The fraction of sp³-hybridized carbons (Fsp3) is 0. The predicted octanol–water partition coefficient (Wildman–Crippen LogP) is 14.9. The maximum absolute atomic E-state index is 9.19. The molecular weight excluding hydrogens is 757 g/mol. The third-order valence-corrected chi connectivity index (χ3v) is 10.7. The van der Waals surface area contributed by atoms with Gasteiger partial charge in [0, 0.05) is 43.8 Å². The molecule has 0 saturated carbocycles. The van der Waals surface area contributed by atoms with Gasteiger partial charge >= 0.3 is 0 Å². The van der Waals surface area contributed by atoms with Crippen LogP contribution in [-0.2, 0) is 0 Å². The molecule has 0 radical (unpaired) electrons. The molecular formula is C57H36N4O. The van der Waals surface area contributed by atoms with Crippen LogP contribution in [0.1, 0.15) is 21.9 Å². The Labute approximate surface area is 380 Å². The summed E-state index contributed by atoms with van der Waals surface area (Å²) >= 11 is 0. The molecule has 5 heteroatoms. The van der Waals surface area contributed by atoms with E-state index in [0.717, 1.165) is 27.5 Å². The number of aromatic nitrogens is 4. The highest BCUT2D eigenvalue weighted by Crippen LogP contribution is 2.39. The van der Waals surface area contributed by atoms with Crippen LogP contribution in [0, 0.1) is 0 Å². The van der Waals surface area contributed by atoms with Crippen LogP contribution in [-0.4, -0.2) is 19.5 Å². The summed E-state index contributed by atoms with van der Waals surface area (Å²) in [5.41, 5.74) is 3.88. The zero-order chi connectivity index (χ0) is 54.9. The van der Waals surface area contributed by atoms with Crippen LogP contribution >= 0.6 is 0 Å². The van der Waals surface area contributed by atoms with Gasteiger partial charge in [-0.15, -0.1) is 0 Å². The van der Waals surface area contributed by atoms with E-state index in [0.29, 0.717) is 22.3 Å². The smallest absolute Gasteiger partial charge is 0.166 e. The van der Waals surface area contributed by atoms with Crippen molar-refractivity contribution in [3.63, 3.8) is 0 Å². The third kappa shape index (κ3) is 6.06. The van der Waals surface area contributed by atoms with Gasteiger partial charge in [-0.2, -0.15) is 0 Å². The fourth-order valence-corrected chi connectivity index (χ4v) is 7.86. The first kappa shape index (κ1) is 22.8. The number of fused-ring (bicyclic) bond motifs is 6. The van der Waals surface area contributed by atoms with E-state index in [4.69, 9.17) is 39.9 Å². The minimum absolute atomic E-state index is 0.00293. The number of para-hydroxylation sites is 5. The summed E-state index contributed by atoms with van der Waals surface area (Å²) in [4.78, 5) is 15.1. The zero-order valence-corrected chi connectivity index (χ0v) is 32.2. The lowest BCUT2D eigenvalue weighted by Crippen LogP contribution is -2.03. The van der Waals surface area contributed by atoms with Crippen LogP contribution in [0.15, 0.2) is 222 Å². The van der Waals surface area contributed by atoms with E-state index >= 15 is 0 Å². The average molecular weight is 809 g/mol. The summed E-state index contributed by atoms with van der Waals surface area (Å²) in [5, 5.41) is 1.86. The standard InChI is InChI=1S/C57H36N4O/c1-2-14-37(15-3-1)38-28-30-39(31-29-38)40-32-34-41(35-33-40)55-58-56(43-17-12-16-42(36-43)44-22-13-23-48-47-20-7-11-27-53(47)62-54(44)48)60-57(59-55)49-21-6-10-26-52(49)61-50-24-8-4-18-45(50)46-19-5-9-25-51(46)61/h1-36H/i1D,2D,3D,4D,5D,8D,14D,15D,18D,19D,24D,25D,28D,29D,30D,31D. The number of hydrogen-bond donors (Lipinski definition) is 0. The van der Waals surface area contributed by atoms with Gasteiger partial charge in [-0.05, 0) is 64.2 Å². The molecule has 290 valence electrons. The molecule has 0 amide bonds. The molecule has 0 saturated heterocycles. The minimum atomic E-state index is -0.681. The van der Waals surface area contributed by atoms with Crippen molar-refractivity contribution in [2.45, 2.75) is 0 Å². The average Bonchev–Trinajstić information content (AvgIpc) is 4.08. The Bertz CT molecular complexity index is 4540. The molecule has 0 aliphatic heterocycles. The number of rotatable bonds is 7. The fourth-order valence-electron chi connectivity index (χ4n) is 7.86. The van der Waals surface area contributed by atoms with Crippen LogP contribution in [0.4, 0.5) is 0 Å². The quantitative estimate of drug-likeness (QED) is 0.161. The molecule has 0 aliphatic carbocycles. The van der Waals surface area contributed by atoms with Crippen molar-refractivity contribution in [3.8, 4) is 73.2 Å². The minimum Gasteiger partial charge on any atom is -0.455 e. The van der Waals surface area contributed by atoms with Crippen molar-refractivity contribution in [3.05, 3.63) is 218 Å².